The molecule has 15 heavy (non-hydrogen) atoms. The van der Waals surface area contributed by atoms with E-state index in [1.165, 1.54) is 7.11 Å². The zero-order valence-corrected chi connectivity index (χ0v) is 8.74. The molecule has 3 heteroatoms. The molecule has 0 aliphatic heterocycles. The zero-order chi connectivity index (χ0) is 11.3. The predicted molar refractivity (Wildman–Crippen MR) is 56.9 cm³/mol. The Balaban J connectivity index is 3.15. The minimum atomic E-state index is -0.429. The average Bonchev–Trinajstić information content (AvgIpc) is 2.28. The Kier molecular flexibility index (Phi) is 3.75. The van der Waals surface area contributed by atoms with Crippen LogP contribution in [-0.2, 0) is 4.74 Å². The molecule has 0 saturated carbocycles. The first-order valence-electron chi connectivity index (χ1n) is 4.54. The van der Waals surface area contributed by atoms with Crippen molar-refractivity contribution in [3.05, 3.63) is 29.3 Å². The van der Waals surface area contributed by atoms with Gasteiger partial charge in [0.1, 0.15) is 11.3 Å². The summed E-state index contributed by atoms with van der Waals surface area (Å²) >= 11 is 0. The third kappa shape index (κ3) is 2.50. The lowest BCUT2D eigenvalue weighted by atomic mass is 10.1. The number of carbonyl (C=O) groups excluding carboxylic acids is 1. The number of benzene rings is 1. The molecule has 1 aromatic rings. The summed E-state index contributed by atoms with van der Waals surface area (Å²) in [6, 6.07) is 4.93. The van der Waals surface area contributed by atoms with Crippen LogP contribution in [0.5, 0.6) is 5.75 Å². The number of terminal acetylenes is 1. The summed E-state index contributed by atoms with van der Waals surface area (Å²) in [6.07, 6.45) is 5.25. The van der Waals surface area contributed by atoms with Gasteiger partial charge in [0.25, 0.3) is 0 Å². The van der Waals surface area contributed by atoms with Crippen LogP contribution < -0.4 is 4.74 Å². The van der Waals surface area contributed by atoms with Crippen molar-refractivity contribution in [1.82, 2.24) is 0 Å². The van der Waals surface area contributed by atoms with Crippen LogP contribution in [0.1, 0.15) is 22.8 Å². The number of hydrogen-bond donors (Lipinski definition) is 0. The second-order valence-corrected chi connectivity index (χ2v) is 2.78. The Morgan fingerprint density at radius 1 is 1.53 bits per heavy atom. The molecule has 0 bridgehead atoms. The summed E-state index contributed by atoms with van der Waals surface area (Å²) in [5.41, 5.74) is 1.06. The van der Waals surface area contributed by atoms with Crippen molar-refractivity contribution >= 4 is 5.97 Å². The largest absolute Gasteiger partial charge is 0.493 e. The van der Waals surface area contributed by atoms with Crippen LogP contribution in [0.2, 0.25) is 0 Å². The smallest absolute Gasteiger partial charge is 0.341 e. The fraction of sp³-hybridized carbons (Fsp3) is 0.250. The van der Waals surface area contributed by atoms with E-state index in [0.717, 1.165) is 0 Å². The summed E-state index contributed by atoms with van der Waals surface area (Å²) in [5, 5.41) is 0. The molecular formula is C12H12O3. The maximum atomic E-state index is 11.4. The van der Waals surface area contributed by atoms with Crippen molar-refractivity contribution in [3.63, 3.8) is 0 Å². The molecule has 0 spiro atoms. The summed E-state index contributed by atoms with van der Waals surface area (Å²) in [7, 11) is 1.33. The van der Waals surface area contributed by atoms with Crippen molar-refractivity contribution in [2.24, 2.45) is 0 Å². The van der Waals surface area contributed by atoms with Crippen molar-refractivity contribution in [1.29, 1.82) is 0 Å². The molecular weight excluding hydrogens is 192 g/mol. The normalized spacial score (nSPS) is 9.13. The molecule has 0 unspecified atom stereocenters. The quantitative estimate of drug-likeness (QED) is 0.556. The second kappa shape index (κ2) is 5.06. The molecule has 0 atom stereocenters. The third-order valence-corrected chi connectivity index (χ3v) is 1.85. The lowest BCUT2D eigenvalue weighted by Gasteiger charge is -2.08. The molecule has 0 amide bonds. The van der Waals surface area contributed by atoms with Crippen LogP contribution in [-0.4, -0.2) is 19.7 Å². The second-order valence-electron chi connectivity index (χ2n) is 2.78. The summed E-state index contributed by atoms with van der Waals surface area (Å²) in [6.45, 7) is 2.31. The van der Waals surface area contributed by atoms with Gasteiger partial charge < -0.3 is 9.47 Å². The first kappa shape index (κ1) is 11.1. The number of ether oxygens (including phenoxy) is 2. The minimum absolute atomic E-state index is 0.387. The van der Waals surface area contributed by atoms with Gasteiger partial charge in [0.05, 0.1) is 13.7 Å². The number of carbonyl (C=O) groups is 1. The lowest BCUT2D eigenvalue weighted by molar-refractivity contribution is 0.0596. The summed E-state index contributed by atoms with van der Waals surface area (Å²) in [5.74, 6) is 2.51. The van der Waals surface area contributed by atoms with Crippen LogP contribution >= 0.6 is 0 Å². The van der Waals surface area contributed by atoms with Gasteiger partial charge in [-0.3, -0.25) is 0 Å². The number of methoxy groups -OCH3 is 1. The molecule has 0 aliphatic carbocycles. The first-order chi connectivity index (χ1) is 7.22. The highest BCUT2D eigenvalue weighted by Gasteiger charge is 2.12. The van der Waals surface area contributed by atoms with E-state index in [0.29, 0.717) is 23.5 Å². The summed E-state index contributed by atoms with van der Waals surface area (Å²) in [4.78, 5) is 11.4. The van der Waals surface area contributed by atoms with E-state index in [4.69, 9.17) is 11.2 Å². The maximum absolute atomic E-state index is 11.4. The first-order valence-corrected chi connectivity index (χ1v) is 4.54. The third-order valence-electron chi connectivity index (χ3n) is 1.85. The molecule has 0 heterocycles. The molecule has 0 aromatic heterocycles. The Bertz CT molecular complexity index is 402. The predicted octanol–water partition coefficient (Wildman–Crippen LogP) is 1.85. The highest BCUT2D eigenvalue weighted by molar-refractivity contribution is 5.92. The monoisotopic (exact) mass is 204 g/mol. The van der Waals surface area contributed by atoms with E-state index in [2.05, 4.69) is 10.7 Å². The van der Waals surface area contributed by atoms with E-state index in [1.54, 1.807) is 18.2 Å². The van der Waals surface area contributed by atoms with E-state index in [1.807, 2.05) is 6.92 Å². The standard InChI is InChI=1S/C12H12O3/c1-4-9-6-7-10(12(13)14-3)11(8-9)15-5-2/h1,6-8H,5H2,2-3H3. The van der Waals surface area contributed by atoms with Gasteiger partial charge in [-0.15, -0.1) is 6.42 Å². The van der Waals surface area contributed by atoms with E-state index < -0.39 is 5.97 Å². The van der Waals surface area contributed by atoms with Crippen molar-refractivity contribution < 1.29 is 14.3 Å². The van der Waals surface area contributed by atoms with Crippen LogP contribution in [0.4, 0.5) is 0 Å². The van der Waals surface area contributed by atoms with Crippen LogP contribution in [0.15, 0.2) is 18.2 Å². The highest BCUT2D eigenvalue weighted by Crippen LogP contribution is 2.21. The Labute approximate surface area is 89.0 Å². The van der Waals surface area contributed by atoms with Crippen LogP contribution in [0.25, 0.3) is 0 Å². The van der Waals surface area contributed by atoms with Gasteiger partial charge >= 0.3 is 5.97 Å². The Morgan fingerprint density at radius 2 is 2.27 bits per heavy atom. The Morgan fingerprint density at radius 3 is 2.80 bits per heavy atom. The lowest BCUT2D eigenvalue weighted by Crippen LogP contribution is -2.05. The zero-order valence-electron chi connectivity index (χ0n) is 8.74. The molecule has 0 N–H and O–H groups in total. The number of esters is 1. The molecule has 0 aliphatic rings. The number of hydrogen-bond acceptors (Lipinski definition) is 3. The topological polar surface area (TPSA) is 35.5 Å². The molecule has 0 radical (unpaired) electrons. The van der Waals surface area contributed by atoms with Crippen molar-refractivity contribution in [3.8, 4) is 18.1 Å². The fourth-order valence-corrected chi connectivity index (χ4v) is 1.17. The SMILES string of the molecule is C#Cc1ccc(C(=O)OC)c(OCC)c1. The molecule has 3 nitrogen and oxygen atoms in total. The van der Waals surface area contributed by atoms with Gasteiger partial charge in [0.2, 0.25) is 0 Å². The van der Waals surface area contributed by atoms with Gasteiger partial charge in [-0.2, -0.15) is 0 Å². The van der Waals surface area contributed by atoms with Crippen molar-refractivity contribution in [2.45, 2.75) is 6.92 Å². The van der Waals surface area contributed by atoms with E-state index >= 15 is 0 Å². The van der Waals surface area contributed by atoms with Gasteiger partial charge in [-0.05, 0) is 25.1 Å². The van der Waals surface area contributed by atoms with Gasteiger partial charge in [0, 0.05) is 5.56 Å². The number of rotatable bonds is 3. The van der Waals surface area contributed by atoms with Gasteiger partial charge in [-0.1, -0.05) is 5.92 Å². The van der Waals surface area contributed by atoms with E-state index in [9.17, 15) is 4.79 Å². The molecule has 0 saturated heterocycles. The Hall–Kier alpha value is -1.95. The minimum Gasteiger partial charge on any atom is -0.493 e. The summed E-state index contributed by atoms with van der Waals surface area (Å²) < 4.78 is 9.93. The maximum Gasteiger partial charge on any atom is 0.341 e. The molecule has 78 valence electrons. The molecule has 0 fully saturated rings. The van der Waals surface area contributed by atoms with Crippen LogP contribution in [0, 0.1) is 12.3 Å². The highest BCUT2D eigenvalue weighted by atomic mass is 16.5. The fourth-order valence-electron chi connectivity index (χ4n) is 1.17. The average molecular weight is 204 g/mol. The van der Waals surface area contributed by atoms with Gasteiger partial charge in [-0.25, -0.2) is 4.79 Å². The van der Waals surface area contributed by atoms with E-state index in [-0.39, 0.29) is 0 Å². The van der Waals surface area contributed by atoms with Crippen LogP contribution in [0.3, 0.4) is 0 Å². The molecule has 1 rings (SSSR count). The van der Waals surface area contributed by atoms with Gasteiger partial charge in [0.15, 0.2) is 0 Å². The van der Waals surface area contributed by atoms with Crippen molar-refractivity contribution in [2.75, 3.05) is 13.7 Å². The molecule has 1 aromatic carbocycles.